The number of hydrogen-bond acceptors (Lipinski definition) is 5. The largest absolute Gasteiger partial charge is 0.352 e. The molecule has 5 nitrogen and oxygen atoms in total. The van der Waals surface area contributed by atoms with E-state index in [4.69, 9.17) is 10.7 Å². The Balaban J connectivity index is 1.81. The van der Waals surface area contributed by atoms with Gasteiger partial charge in [0, 0.05) is 50.2 Å². The van der Waals surface area contributed by atoms with Crippen LogP contribution in [-0.2, 0) is 6.42 Å². The number of piperazine rings is 1. The number of rotatable bonds is 5. The van der Waals surface area contributed by atoms with Gasteiger partial charge in [-0.25, -0.2) is 4.98 Å². The molecule has 0 saturated carbocycles. The lowest BCUT2D eigenvalue weighted by Gasteiger charge is -2.35. The van der Waals surface area contributed by atoms with E-state index >= 15 is 0 Å². The first kappa shape index (κ1) is 14.8. The number of nitrogens with two attached hydrogens (primary N) is 1. The number of nitrogens with zero attached hydrogens (tertiary/aromatic N) is 4. The van der Waals surface area contributed by atoms with E-state index in [1.165, 1.54) is 18.7 Å². The van der Waals surface area contributed by atoms with Crippen LogP contribution in [0.25, 0.3) is 4.96 Å². The molecule has 1 aliphatic rings. The van der Waals surface area contributed by atoms with Crippen LogP contribution in [0.1, 0.15) is 26.0 Å². The summed E-state index contributed by atoms with van der Waals surface area (Å²) in [6.07, 6.45) is 4.22. The molecular formula is C15H25N5S. The van der Waals surface area contributed by atoms with Gasteiger partial charge in [0.2, 0.25) is 0 Å². The van der Waals surface area contributed by atoms with Crippen LogP contribution >= 0.6 is 11.3 Å². The van der Waals surface area contributed by atoms with E-state index in [1.807, 2.05) is 0 Å². The zero-order valence-corrected chi connectivity index (χ0v) is 13.8. The van der Waals surface area contributed by atoms with E-state index in [9.17, 15) is 0 Å². The van der Waals surface area contributed by atoms with Crippen LogP contribution in [0.3, 0.4) is 0 Å². The van der Waals surface area contributed by atoms with Crippen LogP contribution < -0.4 is 10.6 Å². The van der Waals surface area contributed by atoms with Crippen LogP contribution in [0.5, 0.6) is 0 Å². The summed E-state index contributed by atoms with van der Waals surface area (Å²) in [5.41, 5.74) is 7.31. The van der Waals surface area contributed by atoms with E-state index in [1.54, 1.807) is 11.3 Å². The predicted octanol–water partition coefficient (Wildman–Crippen LogP) is 1.82. The Bertz CT molecular complexity index is 580. The van der Waals surface area contributed by atoms with Crippen LogP contribution in [0.2, 0.25) is 0 Å². The van der Waals surface area contributed by atoms with Crippen molar-refractivity contribution in [3.8, 4) is 0 Å². The lowest BCUT2D eigenvalue weighted by molar-refractivity contribution is 0.258. The van der Waals surface area contributed by atoms with Gasteiger partial charge in [-0.05, 0) is 19.9 Å². The molecule has 1 saturated heterocycles. The Morgan fingerprint density at radius 1 is 1.33 bits per heavy atom. The zero-order chi connectivity index (χ0) is 14.8. The van der Waals surface area contributed by atoms with Gasteiger partial charge in [-0.2, -0.15) is 0 Å². The van der Waals surface area contributed by atoms with Crippen LogP contribution in [0, 0.1) is 0 Å². The van der Waals surface area contributed by atoms with Crippen molar-refractivity contribution in [2.75, 3.05) is 37.6 Å². The average Bonchev–Trinajstić information content (AvgIpc) is 3.03. The fourth-order valence-electron chi connectivity index (χ4n) is 3.07. The molecule has 1 fully saturated rings. The van der Waals surface area contributed by atoms with Gasteiger partial charge in [0.15, 0.2) is 10.8 Å². The molecule has 1 atom stereocenters. The SMILES string of the molecule is CCCN1CCN(c2nc3sccn3c2CC(C)N)CC1. The maximum absolute atomic E-state index is 6.04. The molecule has 0 aliphatic carbocycles. The molecule has 0 amide bonds. The van der Waals surface area contributed by atoms with Crippen molar-refractivity contribution in [2.45, 2.75) is 32.7 Å². The van der Waals surface area contributed by atoms with Crippen molar-refractivity contribution in [1.29, 1.82) is 0 Å². The van der Waals surface area contributed by atoms with E-state index < -0.39 is 0 Å². The molecule has 1 unspecified atom stereocenters. The van der Waals surface area contributed by atoms with Crippen molar-refractivity contribution in [2.24, 2.45) is 5.73 Å². The smallest absolute Gasteiger partial charge is 0.195 e. The molecular weight excluding hydrogens is 282 g/mol. The Morgan fingerprint density at radius 3 is 2.76 bits per heavy atom. The second-order valence-corrected chi connectivity index (χ2v) is 6.82. The summed E-state index contributed by atoms with van der Waals surface area (Å²) >= 11 is 1.70. The lowest BCUT2D eigenvalue weighted by atomic mass is 10.2. The van der Waals surface area contributed by atoms with Gasteiger partial charge in [0.25, 0.3) is 0 Å². The maximum atomic E-state index is 6.04. The van der Waals surface area contributed by atoms with Crippen LogP contribution in [0.4, 0.5) is 5.82 Å². The van der Waals surface area contributed by atoms with Gasteiger partial charge in [-0.3, -0.25) is 9.30 Å². The summed E-state index contributed by atoms with van der Waals surface area (Å²) < 4.78 is 2.21. The van der Waals surface area contributed by atoms with Gasteiger partial charge in [-0.1, -0.05) is 6.92 Å². The summed E-state index contributed by atoms with van der Waals surface area (Å²) in [4.78, 5) is 10.9. The Labute approximate surface area is 130 Å². The molecule has 0 spiro atoms. The van der Waals surface area contributed by atoms with Crippen molar-refractivity contribution >= 4 is 22.1 Å². The first-order valence-electron chi connectivity index (χ1n) is 7.86. The highest BCUT2D eigenvalue weighted by Crippen LogP contribution is 2.26. The number of anilines is 1. The summed E-state index contributed by atoms with van der Waals surface area (Å²) in [5.74, 6) is 1.15. The summed E-state index contributed by atoms with van der Waals surface area (Å²) in [5, 5.41) is 2.09. The molecule has 1 aliphatic heterocycles. The predicted molar refractivity (Wildman–Crippen MR) is 89.4 cm³/mol. The number of fused-ring (bicyclic) bond motifs is 1. The zero-order valence-electron chi connectivity index (χ0n) is 13.0. The number of imidazole rings is 1. The molecule has 0 aromatic carbocycles. The van der Waals surface area contributed by atoms with E-state index in [2.05, 4.69) is 39.6 Å². The Morgan fingerprint density at radius 2 is 2.10 bits per heavy atom. The molecule has 6 heteroatoms. The second kappa shape index (κ2) is 6.34. The van der Waals surface area contributed by atoms with E-state index in [0.29, 0.717) is 0 Å². The van der Waals surface area contributed by atoms with Crippen molar-refractivity contribution < 1.29 is 0 Å². The standard InChI is InChI=1S/C15H25N5S/c1-3-4-18-5-7-19(8-6-18)14-13(11-12(2)16)20-9-10-21-15(20)17-14/h9-10,12H,3-8,11,16H2,1-2H3. The Kier molecular flexibility index (Phi) is 4.47. The van der Waals surface area contributed by atoms with Gasteiger partial charge in [-0.15, -0.1) is 11.3 Å². The first-order valence-corrected chi connectivity index (χ1v) is 8.74. The van der Waals surface area contributed by atoms with Gasteiger partial charge < -0.3 is 10.6 Å². The number of thiazole rings is 1. The Hall–Kier alpha value is -1.11. The normalized spacial score (nSPS) is 18.5. The molecule has 3 heterocycles. The molecule has 116 valence electrons. The number of hydrogen-bond donors (Lipinski definition) is 1. The first-order chi connectivity index (χ1) is 10.2. The molecule has 2 N–H and O–H groups in total. The fraction of sp³-hybridized carbons (Fsp3) is 0.667. The molecule has 0 radical (unpaired) electrons. The topological polar surface area (TPSA) is 49.8 Å². The van der Waals surface area contributed by atoms with Crippen LogP contribution in [-0.4, -0.2) is 53.1 Å². The highest BCUT2D eigenvalue weighted by Gasteiger charge is 2.23. The van der Waals surface area contributed by atoms with E-state index in [-0.39, 0.29) is 6.04 Å². The summed E-state index contributed by atoms with van der Waals surface area (Å²) in [6.45, 7) is 9.92. The lowest BCUT2D eigenvalue weighted by Crippen LogP contribution is -2.47. The minimum absolute atomic E-state index is 0.157. The summed E-state index contributed by atoms with van der Waals surface area (Å²) in [6, 6.07) is 0.157. The molecule has 3 rings (SSSR count). The molecule has 0 bridgehead atoms. The quantitative estimate of drug-likeness (QED) is 0.915. The minimum atomic E-state index is 0.157. The third kappa shape index (κ3) is 3.07. The molecule has 2 aromatic heterocycles. The van der Waals surface area contributed by atoms with Gasteiger partial charge in [0.05, 0.1) is 5.69 Å². The third-order valence-electron chi connectivity index (χ3n) is 4.07. The third-order valence-corrected chi connectivity index (χ3v) is 4.82. The molecule has 2 aromatic rings. The van der Waals surface area contributed by atoms with E-state index in [0.717, 1.165) is 43.4 Å². The molecule has 21 heavy (non-hydrogen) atoms. The number of aromatic nitrogens is 2. The second-order valence-electron chi connectivity index (χ2n) is 5.95. The van der Waals surface area contributed by atoms with Crippen LogP contribution in [0.15, 0.2) is 11.6 Å². The van der Waals surface area contributed by atoms with Gasteiger partial charge >= 0.3 is 0 Å². The maximum Gasteiger partial charge on any atom is 0.195 e. The minimum Gasteiger partial charge on any atom is -0.352 e. The summed E-state index contributed by atoms with van der Waals surface area (Å²) in [7, 11) is 0. The highest BCUT2D eigenvalue weighted by molar-refractivity contribution is 7.15. The average molecular weight is 307 g/mol. The van der Waals surface area contributed by atoms with Crippen molar-refractivity contribution in [3.63, 3.8) is 0 Å². The highest BCUT2D eigenvalue weighted by atomic mass is 32.1. The monoisotopic (exact) mass is 307 g/mol. The van der Waals surface area contributed by atoms with Crippen molar-refractivity contribution in [1.82, 2.24) is 14.3 Å². The van der Waals surface area contributed by atoms with Gasteiger partial charge in [0.1, 0.15) is 0 Å². The fourth-order valence-corrected chi connectivity index (χ4v) is 3.80. The van der Waals surface area contributed by atoms with Crippen molar-refractivity contribution in [3.05, 3.63) is 17.3 Å².